The maximum Gasteiger partial charge on any atom is 0.185 e. The molecule has 0 unspecified atom stereocenters. The first-order valence-electron chi connectivity index (χ1n) is 5.07. The lowest BCUT2D eigenvalue weighted by Gasteiger charge is -2.06. The van der Waals surface area contributed by atoms with Gasteiger partial charge in [0.25, 0.3) is 0 Å². The highest BCUT2D eigenvalue weighted by Crippen LogP contribution is 2.27. The molecule has 18 heavy (non-hydrogen) atoms. The number of anilines is 1. The molecule has 2 N–H and O–H groups in total. The zero-order chi connectivity index (χ0) is 13.3. The smallest absolute Gasteiger partial charge is 0.185 e. The van der Waals surface area contributed by atoms with Crippen LogP contribution >= 0.6 is 22.9 Å². The number of aryl methyl sites for hydroxylation is 1. The summed E-state index contributed by atoms with van der Waals surface area (Å²) in [6.45, 7) is 1.83. The van der Waals surface area contributed by atoms with Crippen molar-refractivity contribution in [2.45, 2.75) is 17.6 Å². The van der Waals surface area contributed by atoms with Gasteiger partial charge >= 0.3 is 0 Å². The maximum atomic E-state index is 12.2. The van der Waals surface area contributed by atoms with Gasteiger partial charge in [-0.25, -0.2) is 13.4 Å². The summed E-state index contributed by atoms with van der Waals surface area (Å²) >= 11 is 7.31. The van der Waals surface area contributed by atoms with Crippen molar-refractivity contribution in [3.8, 4) is 0 Å². The summed E-state index contributed by atoms with van der Waals surface area (Å²) < 4.78 is 24.4. The van der Waals surface area contributed by atoms with Crippen molar-refractivity contribution in [2.75, 3.05) is 5.73 Å². The molecule has 4 nitrogen and oxygen atoms in total. The van der Waals surface area contributed by atoms with Crippen LogP contribution in [-0.2, 0) is 15.6 Å². The average molecular weight is 303 g/mol. The van der Waals surface area contributed by atoms with Crippen molar-refractivity contribution in [3.63, 3.8) is 0 Å². The van der Waals surface area contributed by atoms with E-state index in [1.165, 1.54) is 23.5 Å². The Morgan fingerprint density at radius 1 is 1.44 bits per heavy atom. The number of nitrogens with zero attached hydrogens (tertiary/aromatic N) is 1. The van der Waals surface area contributed by atoms with E-state index in [-0.39, 0.29) is 15.7 Å². The minimum Gasteiger partial charge on any atom is -0.399 e. The molecule has 0 saturated carbocycles. The van der Waals surface area contributed by atoms with Gasteiger partial charge < -0.3 is 5.73 Å². The van der Waals surface area contributed by atoms with Gasteiger partial charge in [0.1, 0.15) is 0 Å². The van der Waals surface area contributed by atoms with Crippen LogP contribution in [0.4, 0.5) is 5.69 Å². The number of benzene rings is 1. The van der Waals surface area contributed by atoms with Crippen LogP contribution in [0, 0.1) is 6.92 Å². The summed E-state index contributed by atoms with van der Waals surface area (Å²) in [5.41, 5.74) is 6.48. The van der Waals surface area contributed by atoms with Crippen LogP contribution in [0.5, 0.6) is 0 Å². The van der Waals surface area contributed by atoms with E-state index in [1.807, 2.05) is 6.92 Å². The zero-order valence-corrected chi connectivity index (χ0v) is 11.9. The van der Waals surface area contributed by atoms with Crippen LogP contribution in [0.1, 0.15) is 10.7 Å². The Hall–Kier alpha value is -1.11. The Kier molecular flexibility index (Phi) is 3.61. The minimum atomic E-state index is -3.52. The van der Waals surface area contributed by atoms with Gasteiger partial charge in [0.05, 0.1) is 26.4 Å². The summed E-state index contributed by atoms with van der Waals surface area (Å²) in [5.74, 6) is -0.166. The molecule has 0 aliphatic carbocycles. The minimum absolute atomic E-state index is 0.0508. The third-order valence-corrected chi connectivity index (χ3v) is 5.24. The fraction of sp³-hybridized carbons (Fsp3) is 0.182. The van der Waals surface area contributed by atoms with E-state index in [9.17, 15) is 8.42 Å². The second-order valence-corrected chi connectivity index (χ2v) is 7.23. The molecule has 0 atom stereocenters. The number of sulfone groups is 1. The molecule has 2 rings (SSSR count). The molecule has 0 aliphatic rings. The fourth-order valence-corrected chi connectivity index (χ4v) is 4.07. The lowest BCUT2D eigenvalue weighted by atomic mass is 10.3. The van der Waals surface area contributed by atoms with Crippen LogP contribution in [0.15, 0.2) is 28.5 Å². The van der Waals surface area contributed by atoms with E-state index >= 15 is 0 Å². The summed E-state index contributed by atoms with van der Waals surface area (Å²) in [5, 5.41) is 2.74. The highest BCUT2D eigenvalue weighted by Gasteiger charge is 2.20. The van der Waals surface area contributed by atoms with Crippen LogP contribution < -0.4 is 5.73 Å². The molecule has 1 aromatic heterocycles. The highest BCUT2D eigenvalue weighted by molar-refractivity contribution is 7.90. The summed E-state index contributed by atoms with van der Waals surface area (Å²) in [7, 11) is -3.52. The van der Waals surface area contributed by atoms with Crippen molar-refractivity contribution < 1.29 is 8.42 Å². The summed E-state index contributed by atoms with van der Waals surface area (Å²) in [4.78, 5) is 4.19. The first kappa shape index (κ1) is 13.3. The van der Waals surface area contributed by atoms with Gasteiger partial charge in [-0.05, 0) is 25.1 Å². The third-order valence-electron chi connectivity index (χ3n) is 2.29. The number of nitrogen functional groups attached to an aromatic ring is 1. The number of nitrogens with two attached hydrogens (primary N) is 1. The van der Waals surface area contributed by atoms with E-state index in [1.54, 1.807) is 11.4 Å². The Bertz CT molecular complexity index is 680. The molecule has 7 heteroatoms. The van der Waals surface area contributed by atoms with E-state index in [2.05, 4.69) is 4.98 Å². The van der Waals surface area contributed by atoms with Crippen molar-refractivity contribution in [2.24, 2.45) is 0 Å². The van der Waals surface area contributed by atoms with Gasteiger partial charge in [-0.3, -0.25) is 0 Å². The van der Waals surface area contributed by atoms with Gasteiger partial charge in [0, 0.05) is 11.1 Å². The number of rotatable bonds is 3. The molecular weight excluding hydrogens is 292 g/mol. The van der Waals surface area contributed by atoms with Crippen LogP contribution in [0.2, 0.25) is 5.02 Å². The molecule has 1 heterocycles. The molecule has 96 valence electrons. The summed E-state index contributed by atoms with van der Waals surface area (Å²) in [6.07, 6.45) is 0. The van der Waals surface area contributed by atoms with Crippen LogP contribution in [0.3, 0.4) is 0 Å². The highest BCUT2D eigenvalue weighted by atomic mass is 35.5. The first-order chi connectivity index (χ1) is 8.38. The molecular formula is C11H11ClN2O2S2. The predicted octanol–water partition coefficient (Wildman–Crippen LogP) is 2.66. The second kappa shape index (κ2) is 4.87. The largest absolute Gasteiger partial charge is 0.399 e. The number of halogens is 1. The fourth-order valence-electron chi connectivity index (χ4n) is 1.51. The lowest BCUT2D eigenvalue weighted by Crippen LogP contribution is -2.06. The molecule has 1 aromatic carbocycles. The molecule has 0 radical (unpaired) electrons. The maximum absolute atomic E-state index is 12.2. The van der Waals surface area contributed by atoms with Crippen molar-refractivity contribution in [3.05, 3.63) is 39.3 Å². The average Bonchev–Trinajstić information content (AvgIpc) is 2.66. The molecule has 0 fully saturated rings. The predicted molar refractivity (Wildman–Crippen MR) is 73.6 cm³/mol. The number of hydrogen-bond acceptors (Lipinski definition) is 5. The zero-order valence-electron chi connectivity index (χ0n) is 9.55. The van der Waals surface area contributed by atoms with Gasteiger partial charge in [-0.2, -0.15) is 0 Å². The van der Waals surface area contributed by atoms with Gasteiger partial charge in [-0.1, -0.05) is 11.6 Å². The number of aromatic nitrogens is 1. The van der Waals surface area contributed by atoms with Gasteiger partial charge in [0.2, 0.25) is 0 Å². The summed E-state index contributed by atoms with van der Waals surface area (Å²) in [6, 6.07) is 4.42. The topological polar surface area (TPSA) is 73.0 Å². The van der Waals surface area contributed by atoms with Crippen LogP contribution in [-0.4, -0.2) is 13.4 Å². The van der Waals surface area contributed by atoms with E-state index in [4.69, 9.17) is 17.3 Å². The second-order valence-electron chi connectivity index (χ2n) is 3.81. The molecule has 0 saturated heterocycles. The van der Waals surface area contributed by atoms with E-state index in [0.29, 0.717) is 11.4 Å². The van der Waals surface area contributed by atoms with Crippen molar-refractivity contribution in [1.82, 2.24) is 4.98 Å². The molecule has 0 bridgehead atoms. The number of thiazole rings is 1. The first-order valence-corrected chi connectivity index (χ1v) is 7.98. The van der Waals surface area contributed by atoms with E-state index < -0.39 is 9.84 Å². The molecule has 0 amide bonds. The molecule has 0 spiro atoms. The SMILES string of the molecule is Cc1nc(CS(=O)(=O)c2cc(N)ccc2Cl)cs1. The standard InChI is InChI=1S/C11H11ClN2O2S2/c1-7-14-9(5-17-7)6-18(15,16)11-4-8(13)2-3-10(11)12/h2-5H,6,13H2,1H3. The normalized spacial score (nSPS) is 11.7. The lowest BCUT2D eigenvalue weighted by molar-refractivity contribution is 0.595. The monoisotopic (exact) mass is 302 g/mol. The van der Waals surface area contributed by atoms with Gasteiger partial charge in [0.15, 0.2) is 9.84 Å². The number of hydrogen-bond donors (Lipinski definition) is 1. The molecule has 0 aliphatic heterocycles. The quantitative estimate of drug-likeness (QED) is 0.885. The third kappa shape index (κ3) is 2.82. The van der Waals surface area contributed by atoms with Crippen molar-refractivity contribution >= 4 is 38.5 Å². The Morgan fingerprint density at radius 2 is 2.17 bits per heavy atom. The van der Waals surface area contributed by atoms with E-state index in [0.717, 1.165) is 5.01 Å². The van der Waals surface area contributed by atoms with Crippen LogP contribution in [0.25, 0.3) is 0 Å². The Morgan fingerprint density at radius 3 is 2.78 bits per heavy atom. The Labute approximate surface area is 114 Å². The molecule has 2 aromatic rings. The Balaban J connectivity index is 2.39. The van der Waals surface area contributed by atoms with Crippen molar-refractivity contribution in [1.29, 1.82) is 0 Å². The van der Waals surface area contributed by atoms with Gasteiger partial charge in [-0.15, -0.1) is 11.3 Å².